The fraction of sp³-hybridized carbons (Fsp3) is 0.0909. The minimum atomic E-state index is -0.417. The van der Waals surface area contributed by atoms with Crippen molar-refractivity contribution in [3.8, 4) is 16.9 Å². The molecule has 3 aromatic carbocycles. The molecule has 0 fully saturated rings. The zero-order chi connectivity index (χ0) is 19.5. The first-order valence-corrected chi connectivity index (χ1v) is 8.87. The van der Waals surface area contributed by atoms with Crippen LogP contribution in [0.25, 0.3) is 11.1 Å². The molecule has 1 heterocycles. The highest BCUT2D eigenvalue weighted by atomic mass is 16.5. The third kappa shape index (κ3) is 3.40. The van der Waals surface area contributed by atoms with E-state index in [1.807, 2.05) is 36.4 Å². The first-order valence-electron chi connectivity index (χ1n) is 8.87. The summed E-state index contributed by atoms with van der Waals surface area (Å²) in [5.74, 6) is 0.518. The van der Waals surface area contributed by atoms with Crippen LogP contribution in [-0.2, 0) is 6.54 Å². The number of ether oxygens (including phenoxy) is 1. The van der Waals surface area contributed by atoms with Crippen molar-refractivity contribution < 1.29 is 14.3 Å². The van der Waals surface area contributed by atoms with Crippen LogP contribution in [0.2, 0.25) is 0 Å². The van der Waals surface area contributed by atoms with Crippen LogP contribution < -0.4 is 20.7 Å². The highest BCUT2D eigenvalue weighted by Crippen LogP contribution is 2.34. The van der Waals surface area contributed by atoms with Crippen molar-refractivity contribution in [1.82, 2.24) is 5.32 Å². The molecule has 4 rings (SSSR count). The number of carbonyl (C=O) groups excluding carboxylic acids is 2. The third-order valence-electron chi connectivity index (χ3n) is 4.65. The Morgan fingerprint density at radius 3 is 2.43 bits per heavy atom. The largest absolute Gasteiger partial charge is 0.497 e. The van der Waals surface area contributed by atoms with Gasteiger partial charge in [-0.1, -0.05) is 36.4 Å². The van der Waals surface area contributed by atoms with Gasteiger partial charge in [-0.25, -0.2) is 4.79 Å². The molecule has 0 aliphatic carbocycles. The van der Waals surface area contributed by atoms with Crippen molar-refractivity contribution in [2.75, 3.05) is 17.7 Å². The number of benzene rings is 3. The minimum absolute atomic E-state index is 0.187. The Hall–Kier alpha value is -3.80. The first kappa shape index (κ1) is 17.6. The van der Waals surface area contributed by atoms with E-state index >= 15 is 0 Å². The average Bonchev–Trinajstić information content (AvgIpc) is 3.12. The van der Waals surface area contributed by atoms with Crippen molar-refractivity contribution in [3.05, 3.63) is 77.9 Å². The quantitative estimate of drug-likeness (QED) is 0.640. The number of anilines is 2. The molecule has 6 heteroatoms. The molecule has 3 N–H and O–H groups in total. The lowest BCUT2D eigenvalue weighted by Crippen LogP contribution is -2.21. The lowest BCUT2D eigenvalue weighted by atomic mass is 9.95. The Kier molecular flexibility index (Phi) is 4.68. The molecule has 0 radical (unpaired) electrons. The number of hydrogen-bond donors (Lipinski definition) is 3. The molecule has 0 bridgehead atoms. The van der Waals surface area contributed by atoms with Gasteiger partial charge in [-0.15, -0.1) is 0 Å². The Morgan fingerprint density at radius 1 is 0.964 bits per heavy atom. The maximum atomic E-state index is 12.4. The molecule has 0 unspecified atom stereocenters. The average molecular weight is 373 g/mol. The second kappa shape index (κ2) is 7.44. The molecule has 0 aromatic heterocycles. The standard InChI is InChI=1S/C22H19N3O3/c1-28-16-9-7-15(8-10-16)24-22(27)25-19-12-11-17(14-5-3-2-4-6-14)18-13-23-21(26)20(18)19/h2-12H,13H2,1H3,(H,23,26)(H2,24,25,27). The second-order valence-corrected chi connectivity index (χ2v) is 6.37. The highest BCUT2D eigenvalue weighted by Gasteiger charge is 2.26. The summed E-state index contributed by atoms with van der Waals surface area (Å²) in [5.41, 5.74) is 4.51. The van der Waals surface area contributed by atoms with Crippen LogP contribution in [0.4, 0.5) is 16.2 Å². The number of methoxy groups -OCH3 is 1. The molecule has 0 saturated carbocycles. The van der Waals surface area contributed by atoms with Crippen LogP contribution in [0.1, 0.15) is 15.9 Å². The van der Waals surface area contributed by atoms with Crippen molar-refractivity contribution in [2.24, 2.45) is 0 Å². The smallest absolute Gasteiger partial charge is 0.323 e. The highest BCUT2D eigenvalue weighted by molar-refractivity contribution is 6.10. The van der Waals surface area contributed by atoms with E-state index in [4.69, 9.17) is 4.74 Å². The summed E-state index contributed by atoms with van der Waals surface area (Å²) < 4.78 is 5.11. The van der Waals surface area contributed by atoms with Crippen LogP contribution in [0.3, 0.4) is 0 Å². The minimum Gasteiger partial charge on any atom is -0.497 e. The topological polar surface area (TPSA) is 79.5 Å². The summed E-state index contributed by atoms with van der Waals surface area (Å²) in [4.78, 5) is 24.8. The number of carbonyl (C=O) groups is 2. The van der Waals surface area contributed by atoms with Gasteiger partial charge in [0.2, 0.25) is 0 Å². The Labute approximate surface area is 162 Å². The van der Waals surface area contributed by atoms with E-state index < -0.39 is 6.03 Å². The maximum Gasteiger partial charge on any atom is 0.323 e. The van der Waals surface area contributed by atoms with Gasteiger partial charge in [-0.05, 0) is 47.0 Å². The van der Waals surface area contributed by atoms with Gasteiger partial charge in [0.15, 0.2) is 0 Å². The summed E-state index contributed by atoms with van der Waals surface area (Å²) in [6.45, 7) is 0.439. The predicted octanol–water partition coefficient (Wildman–Crippen LogP) is 4.25. The summed E-state index contributed by atoms with van der Waals surface area (Å²) in [7, 11) is 1.58. The fourth-order valence-electron chi connectivity index (χ4n) is 3.30. The Morgan fingerprint density at radius 2 is 1.71 bits per heavy atom. The molecule has 3 aromatic rings. The van der Waals surface area contributed by atoms with Crippen molar-refractivity contribution in [2.45, 2.75) is 6.54 Å². The third-order valence-corrected chi connectivity index (χ3v) is 4.65. The number of fused-ring (bicyclic) bond motifs is 1. The molecule has 0 atom stereocenters. The molecule has 3 amide bonds. The molecule has 0 spiro atoms. The number of nitrogens with one attached hydrogen (secondary N) is 3. The van der Waals surface area contributed by atoms with Crippen molar-refractivity contribution >= 4 is 23.3 Å². The molecule has 6 nitrogen and oxygen atoms in total. The van der Waals surface area contributed by atoms with E-state index in [2.05, 4.69) is 16.0 Å². The molecule has 28 heavy (non-hydrogen) atoms. The van der Waals surface area contributed by atoms with Crippen molar-refractivity contribution in [1.29, 1.82) is 0 Å². The predicted molar refractivity (Wildman–Crippen MR) is 109 cm³/mol. The summed E-state index contributed by atoms with van der Waals surface area (Å²) >= 11 is 0. The van der Waals surface area contributed by atoms with E-state index in [0.717, 1.165) is 16.7 Å². The number of urea groups is 1. The van der Waals surface area contributed by atoms with E-state index in [1.54, 1.807) is 37.4 Å². The van der Waals surface area contributed by atoms with Gasteiger partial charge < -0.3 is 20.7 Å². The summed E-state index contributed by atoms with van der Waals surface area (Å²) in [6.07, 6.45) is 0. The monoisotopic (exact) mass is 373 g/mol. The molecular formula is C22H19N3O3. The van der Waals surface area contributed by atoms with Gasteiger partial charge in [0.25, 0.3) is 5.91 Å². The van der Waals surface area contributed by atoms with Gasteiger partial charge in [-0.2, -0.15) is 0 Å². The Bertz CT molecular complexity index is 1030. The van der Waals surface area contributed by atoms with Crippen LogP contribution in [0.5, 0.6) is 5.75 Å². The van der Waals surface area contributed by atoms with Crippen LogP contribution in [0.15, 0.2) is 66.7 Å². The van der Waals surface area contributed by atoms with E-state index in [1.165, 1.54) is 0 Å². The second-order valence-electron chi connectivity index (χ2n) is 6.37. The number of hydrogen-bond acceptors (Lipinski definition) is 3. The molecule has 1 aliphatic rings. The van der Waals surface area contributed by atoms with Crippen LogP contribution >= 0.6 is 0 Å². The zero-order valence-corrected chi connectivity index (χ0v) is 15.3. The van der Waals surface area contributed by atoms with Crippen LogP contribution in [-0.4, -0.2) is 19.0 Å². The summed E-state index contributed by atoms with van der Waals surface area (Å²) in [5, 5.41) is 8.39. The normalized spacial score (nSPS) is 12.1. The van der Waals surface area contributed by atoms with Crippen LogP contribution in [0, 0.1) is 0 Å². The van der Waals surface area contributed by atoms with Gasteiger partial charge in [0.1, 0.15) is 5.75 Å². The van der Waals surface area contributed by atoms with E-state index in [0.29, 0.717) is 29.2 Å². The van der Waals surface area contributed by atoms with Gasteiger partial charge >= 0.3 is 6.03 Å². The Balaban J connectivity index is 1.59. The van der Waals surface area contributed by atoms with E-state index in [-0.39, 0.29) is 5.91 Å². The van der Waals surface area contributed by atoms with Crippen molar-refractivity contribution in [3.63, 3.8) is 0 Å². The van der Waals surface area contributed by atoms with Gasteiger partial charge in [0, 0.05) is 12.2 Å². The summed E-state index contributed by atoms with van der Waals surface area (Å²) in [6, 6.07) is 20.2. The maximum absolute atomic E-state index is 12.4. The number of rotatable bonds is 4. The lowest BCUT2D eigenvalue weighted by Gasteiger charge is -2.13. The van der Waals surface area contributed by atoms with E-state index in [9.17, 15) is 9.59 Å². The lowest BCUT2D eigenvalue weighted by molar-refractivity contribution is 0.0966. The molecule has 1 aliphatic heterocycles. The molecule has 140 valence electrons. The van der Waals surface area contributed by atoms with Gasteiger partial charge in [0.05, 0.1) is 18.4 Å². The SMILES string of the molecule is COc1ccc(NC(=O)Nc2ccc(-c3ccccc3)c3c2C(=O)NC3)cc1. The number of amides is 3. The zero-order valence-electron chi connectivity index (χ0n) is 15.3. The van der Waals surface area contributed by atoms with Gasteiger partial charge in [-0.3, -0.25) is 4.79 Å². The molecular weight excluding hydrogens is 354 g/mol. The first-order chi connectivity index (χ1) is 13.7. The fourth-order valence-corrected chi connectivity index (χ4v) is 3.30. The molecule has 0 saturated heterocycles.